The first-order valence-electron chi connectivity index (χ1n) is 6.91. The van der Waals surface area contributed by atoms with Crippen molar-refractivity contribution in [1.29, 1.82) is 0 Å². The molecule has 2 rings (SSSR count). The molecule has 0 spiro atoms. The van der Waals surface area contributed by atoms with Gasteiger partial charge in [0.25, 0.3) is 0 Å². The Labute approximate surface area is 108 Å². The van der Waals surface area contributed by atoms with Crippen LogP contribution >= 0.6 is 0 Å². The van der Waals surface area contributed by atoms with E-state index >= 15 is 0 Å². The molecule has 2 N–H and O–H groups in total. The van der Waals surface area contributed by atoms with Gasteiger partial charge in [0.05, 0.1) is 11.8 Å². The predicted octanol–water partition coefficient (Wildman–Crippen LogP) is 0.699. The number of hydrogen-bond donors (Lipinski definition) is 2. The summed E-state index contributed by atoms with van der Waals surface area (Å²) in [5, 5.41) is 11.6. The van der Waals surface area contributed by atoms with Crippen LogP contribution in [-0.2, 0) is 9.59 Å². The van der Waals surface area contributed by atoms with Crippen LogP contribution in [0.1, 0.15) is 32.1 Å². The van der Waals surface area contributed by atoms with E-state index < -0.39 is 11.9 Å². The minimum Gasteiger partial charge on any atom is -0.481 e. The van der Waals surface area contributed by atoms with Gasteiger partial charge in [-0.25, -0.2) is 0 Å². The maximum Gasteiger partial charge on any atom is 0.307 e. The number of piperidine rings is 1. The number of aliphatic carboxylic acids is 1. The lowest BCUT2D eigenvalue weighted by molar-refractivity contribution is -0.140. The molecule has 2 aliphatic rings. The van der Waals surface area contributed by atoms with Crippen LogP contribution in [0.5, 0.6) is 0 Å². The highest BCUT2D eigenvalue weighted by Crippen LogP contribution is 2.38. The largest absolute Gasteiger partial charge is 0.481 e. The Morgan fingerprint density at radius 2 is 1.89 bits per heavy atom. The topological polar surface area (TPSA) is 69.6 Å². The van der Waals surface area contributed by atoms with Gasteiger partial charge in [-0.1, -0.05) is 6.42 Å². The van der Waals surface area contributed by atoms with Crippen molar-refractivity contribution >= 4 is 11.9 Å². The van der Waals surface area contributed by atoms with Gasteiger partial charge in [0.2, 0.25) is 5.91 Å². The van der Waals surface area contributed by atoms with Gasteiger partial charge < -0.3 is 15.3 Å². The van der Waals surface area contributed by atoms with Crippen molar-refractivity contribution in [3.05, 3.63) is 0 Å². The Hall–Kier alpha value is -1.10. The number of likely N-dealkylation sites (tertiary alicyclic amines) is 1. The third kappa shape index (κ3) is 3.70. The second-order valence-electron chi connectivity index (χ2n) is 5.33. The van der Waals surface area contributed by atoms with Gasteiger partial charge in [0, 0.05) is 6.54 Å². The Bertz CT molecular complexity index is 313. The number of carboxylic acids is 1. The zero-order valence-electron chi connectivity index (χ0n) is 10.7. The molecule has 0 aromatic carbocycles. The first-order chi connectivity index (χ1) is 8.68. The fourth-order valence-corrected chi connectivity index (χ4v) is 2.59. The number of rotatable bonds is 6. The molecular formula is C13H22N2O3. The Morgan fingerprint density at radius 1 is 1.17 bits per heavy atom. The van der Waals surface area contributed by atoms with Gasteiger partial charge in [-0.3, -0.25) is 9.59 Å². The van der Waals surface area contributed by atoms with Crippen molar-refractivity contribution in [2.24, 2.45) is 11.8 Å². The van der Waals surface area contributed by atoms with E-state index in [0.29, 0.717) is 13.0 Å². The van der Waals surface area contributed by atoms with Crippen LogP contribution in [0.15, 0.2) is 0 Å². The van der Waals surface area contributed by atoms with Gasteiger partial charge in [-0.05, 0) is 45.3 Å². The molecule has 18 heavy (non-hydrogen) atoms. The monoisotopic (exact) mass is 254 g/mol. The smallest absolute Gasteiger partial charge is 0.307 e. The molecule has 5 heteroatoms. The molecule has 1 aliphatic heterocycles. The van der Waals surface area contributed by atoms with Crippen LogP contribution in [0.2, 0.25) is 0 Å². The Balaban J connectivity index is 1.53. The van der Waals surface area contributed by atoms with Crippen molar-refractivity contribution in [3.8, 4) is 0 Å². The molecule has 0 aromatic rings. The summed E-state index contributed by atoms with van der Waals surface area (Å²) in [7, 11) is 0. The number of amides is 1. The average molecular weight is 254 g/mol. The molecule has 2 atom stereocenters. The molecule has 0 radical (unpaired) electrons. The number of nitrogens with zero attached hydrogens (tertiary/aromatic N) is 1. The third-order valence-corrected chi connectivity index (χ3v) is 3.84. The maximum atomic E-state index is 11.6. The first-order valence-corrected chi connectivity index (χ1v) is 6.91. The third-order valence-electron chi connectivity index (χ3n) is 3.84. The van der Waals surface area contributed by atoms with E-state index in [1.807, 2.05) is 0 Å². The number of nitrogens with one attached hydrogen (secondary N) is 1. The van der Waals surface area contributed by atoms with E-state index in [1.54, 1.807) is 0 Å². The molecule has 1 saturated carbocycles. The summed E-state index contributed by atoms with van der Waals surface area (Å²) >= 11 is 0. The summed E-state index contributed by atoms with van der Waals surface area (Å²) in [6, 6.07) is 0. The Kier molecular flexibility index (Phi) is 4.58. The van der Waals surface area contributed by atoms with Gasteiger partial charge in [0.1, 0.15) is 0 Å². The van der Waals surface area contributed by atoms with E-state index in [-0.39, 0.29) is 11.8 Å². The fraction of sp³-hybridized carbons (Fsp3) is 0.846. The lowest BCUT2D eigenvalue weighted by atomic mass is 10.1. The summed E-state index contributed by atoms with van der Waals surface area (Å²) in [6.45, 7) is 4.06. The normalized spacial score (nSPS) is 27.8. The highest BCUT2D eigenvalue weighted by Gasteiger charge is 2.48. The van der Waals surface area contributed by atoms with Crippen LogP contribution in [-0.4, -0.2) is 48.1 Å². The average Bonchev–Trinajstić information content (AvgIpc) is 3.16. The van der Waals surface area contributed by atoms with Crippen molar-refractivity contribution in [2.75, 3.05) is 26.2 Å². The van der Waals surface area contributed by atoms with E-state index in [4.69, 9.17) is 5.11 Å². The molecule has 0 unspecified atom stereocenters. The second kappa shape index (κ2) is 6.18. The van der Waals surface area contributed by atoms with Gasteiger partial charge in [-0.15, -0.1) is 0 Å². The zero-order chi connectivity index (χ0) is 13.0. The lowest BCUT2D eigenvalue weighted by Gasteiger charge is -2.26. The highest BCUT2D eigenvalue weighted by atomic mass is 16.4. The molecule has 0 aromatic heterocycles. The van der Waals surface area contributed by atoms with Gasteiger partial charge >= 0.3 is 5.97 Å². The van der Waals surface area contributed by atoms with E-state index in [1.165, 1.54) is 32.4 Å². The number of carbonyl (C=O) groups is 2. The SMILES string of the molecule is O=C(O)[C@H]1C[C@H]1C(=O)NCCCN1CCCCC1. The molecular weight excluding hydrogens is 232 g/mol. The highest BCUT2D eigenvalue weighted by molar-refractivity contribution is 5.89. The van der Waals surface area contributed by atoms with E-state index in [0.717, 1.165) is 13.0 Å². The molecule has 1 aliphatic carbocycles. The van der Waals surface area contributed by atoms with Crippen molar-refractivity contribution < 1.29 is 14.7 Å². The van der Waals surface area contributed by atoms with Crippen LogP contribution in [0.25, 0.3) is 0 Å². The quantitative estimate of drug-likeness (QED) is 0.685. The van der Waals surface area contributed by atoms with Crippen LogP contribution in [0.3, 0.4) is 0 Å². The molecule has 102 valence electrons. The summed E-state index contributed by atoms with van der Waals surface area (Å²) in [6.07, 6.45) is 5.37. The summed E-state index contributed by atoms with van der Waals surface area (Å²) in [4.78, 5) is 24.6. The minimum absolute atomic E-state index is 0.0824. The summed E-state index contributed by atoms with van der Waals surface area (Å²) in [5.74, 6) is -1.64. The minimum atomic E-state index is -0.844. The van der Waals surface area contributed by atoms with Crippen molar-refractivity contribution in [2.45, 2.75) is 32.1 Å². The predicted molar refractivity (Wildman–Crippen MR) is 67.2 cm³/mol. The van der Waals surface area contributed by atoms with Crippen molar-refractivity contribution in [3.63, 3.8) is 0 Å². The van der Waals surface area contributed by atoms with Crippen LogP contribution in [0.4, 0.5) is 0 Å². The molecule has 1 amide bonds. The number of carbonyl (C=O) groups excluding carboxylic acids is 1. The van der Waals surface area contributed by atoms with Gasteiger partial charge in [0.15, 0.2) is 0 Å². The summed E-state index contributed by atoms with van der Waals surface area (Å²) < 4.78 is 0. The first kappa shape index (κ1) is 13.3. The standard InChI is InChI=1S/C13H22N2O3/c16-12(10-9-11(10)13(17)18)14-5-4-8-15-6-2-1-3-7-15/h10-11H,1-9H2,(H,14,16)(H,17,18)/t10-,11+/m1/s1. The van der Waals surface area contributed by atoms with Crippen LogP contribution < -0.4 is 5.32 Å². The second-order valence-corrected chi connectivity index (χ2v) is 5.33. The van der Waals surface area contributed by atoms with Gasteiger partial charge in [-0.2, -0.15) is 0 Å². The van der Waals surface area contributed by atoms with Crippen LogP contribution in [0, 0.1) is 11.8 Å². The maximum absolute atomic E-state index is 11.6. The number of hydrogen-bond acceptors (Lipinski definition) is 3. The Morgan fingerprint density at radius 3 is 2.50 bits per heavy atom. The summed E-state index contributed by atoms with van der Waals surface area (Å²) in [5.41, 5.74) is 0. The molecule has 5 nitrogen and oxygen atoms in total. The zero-order valence-corrected chi connectivity index (χ0v) is 10.7. The molecule has 2 fully saturated rings. The molecule has 1 saturated heterocycles. The van der Waals surface area contributed by atoms with E-state index in [9.17, 15) is 9.59 Å². The fourth-order valence-electron chi connectivity index (χ4n) is 2.59. The molecule has 0 bridgehead atoms. The molecule has 1 heterocycles. The lowest BCUT2D eigenvalue weighted by Crippen LogP contribution is -2.34. The van der Waals surface area contributed by atoms with E-state index in [2.05, 4.69) is 10.2 Å². The van der Waals surface area contributed by atoms with Crippen molar-refractivity contribution in [1.82, 2.24) is 10.2 Å². The number of carboxylic acid groups (broad SMARTS) is 1.